The molecule has 1 heterocycles. The largest absolute Gasteiger partial charge is 0.371 e. The first-order valence-electron chi connectivity index (χ1n) is 6.94. The van der Waals surface area contributed by atoms with Gasteiger partial charge >= 0.3 is 0 Å². The molecule has 0 spiro atoms. The maximum Gasteiger partial charge on any atom is 0.264 e. The molecular formula is C15H23NO3S. The number of anilines is 1. The van der Waals surface area contributed by atoms with Gasteiger partial charge in [-0.2, -0.15) is 8.42 Å². The second-order valence-electron chi connectivity index (χ2n) is 6.25. The van der Waals surface area contributed by atoms with Crippen LogP contribution < -0.4 is 4.90 Å². The second kappa shape index (κ2) is 5.74. The number of para-hydroxylation sites is 1. The van der Waals surface area contributed by atoms with E-state index < -0.39 is 10.1 Å². The van der Waals surface area contributed by atoms with Gasteiger partial charge in [0.05, 0.1) is 12.9 Å². The summed E-state index contributed by atoms with van der Waals surface area (Å²) in [6.07, 6.45) is 3.38. The molecule has 0 radical (unpaired) electrons. The molecule has 0 bridgehead atoms. The Kier molecular flexibility index (Phi) is 4.39. The van der Waals surface area contributed by atoms with Gasteiger partial charge in [0.1, 0.15) is 0 Å². The number of benzene rings is 1. The van der Waals surface area contributed by atoms with Gasteiger partial charge in [-0.15, -0.1) is 0 Å². The van der Waals surface area contributed by atoms with E-state index in [9.17, 15) is 8.42 Å². The average molecular weight is 297 g/mol. The summed E-state index contributed by atoms with van der Waals surface area (Å²) >= 11 is 0. The zero-order valence-electron chi connectivity index (χ0n) is 12.4. The minimum absolute atomic E-state index is 0.106. The fourth-order valence-electron chi connectivity index (χ4n) is 2.46. The van der Waals surface area contributed by atoms with Crippen molar-refractivity contribution in [3.63, 3.8) is 0 Å². The lowest BCUT2D eigenvalue weighted by Gasteiger charge is -2.39. The van der Waals surface area contributed by atoms with Gasteiger partial charge in [0.15, 0.2) is 0 Å². The Bertz CT molecular complexity index is 556. The van der Waals surface area contributed by atoms with E-state index in [-0.39, 0.29) is 6.61 Å². The highest BCUT2D eigenvalue weighted by molar-refractivity contribution is 7.85. The lowest BCUT2D eigenvalue weighted by molar-refractivity contribution is 0.278. The highest BCUT2D eigenvalue weighted by Crippen LogP contribution is 2.33. The lowest BCUT2D eigenvalue weighted by atomic mass is 9.82. The van der Waals surface area contributed by atoms with Crippen molar-refractivity contribution in [1.82, 2.24) is 0 Å². The molecule has 0 saturated carbocycles. The number of nitrogens with zero attached hydrogens (tertiary/aromatic N) is 1. The molecule has 1 saturated heterocycles. The molecule has 0 aromatic heterocycles. The Morgan fingerprint density at radius 3 is 2.40 bits per heavy atom. The van der Waals surface area contributed by atoms with Crippen LogP contribution in [0.1, 0.15) is 32.3 Å². The van der Waals surface area contributed by atoms with Gasteiger partial charge in [-0.05, 0) is 24.3 Å². The summed E-state index contributed by atoms with van der Waals surface area (Å²) in [6, 6.07) is 7.87. The number of hydrogen-bond donors (Lipinski definition) is 0. The number of hydrogen-bond acceptors (Lipinski definition) is 4. The van der Waals surface area contributed by atoms with E-state index in [1.165, 1.54) is 0 Å². The van der Waals surface area contributed by atoms with E-state index in [1.807, 2.05) is 24.3 Å². The zero-order valence-corrected chi connectivity index (χ0v) is 13.2. The third kappa shape index (κ3) is 4.21. The fraction of sp³-hybridized carbons (Fsp3) is 0.600. The molecule has 1 aromatic rings. The van der Waals surface area contributed by atoms with Crippen LogP contribution in [0.3, 0.4) is 0 Å². The molecule has 1 aliphatic rings. The molecular weight excluding hydrogens is 274 g/mol. The highest BCUT2D eigenvalue weighted by Gasteiger charge is 2.26. The van der Waals surface area contributed by atoms with E-state index in [0.29, 0.717) is 5.41 Å². The molecule has 0 aliphatic carbocycles. The minimum Gasteiger partial charge on any atom is -0.371 e. The Balaban J connectivity index is 2.12. The summed E-state index contributed by atoms with van der Waals surface area (Å²) in [7, 11) is -3.41. The number of rotatable bonds is 4. The third-order valence-corrected chi connectivity index (χ3v) is 4.42. The van der Waals surface area contributed by atoms with Gasteiger partial charge in [-0.1, -0.05) is 32.0 Å². The quantitative estimate of drug-likeness (QED) is 0.802. The standard InChI is InChI=1S/C15H23NO3S/c1-15(2)8-10-16(11-9-15)14-7-5-4-6-13(14)12-19-20(3,17)18/h4-7H,8-12H2,1-3H3. The van der Waals surface area contributed by atoms with Crippen molar-refractivity contribution in [2.75, 3.05) is 24.2 Å². The van der Waals surface area contributed by atoms with Crippen LogP contribution in [0.4, 0.5) is 5.69 Å². The average Bonchev–Trinajstić information content (AvgIpc) is 2.36. The molecule has 0 amide bonds. The van der Waals surface area contributed by atoms with Crippen LogP contribution in [0, 0.1) is 5.41 Å². The molecule has 1 aromatic carbocycles. The van der Waals surface area contributed by atoms with E-state index in [4.69, 9.17) is 4.18 Å². The van der Waals surface area contributed by atoms with Crippen LogP contribution in [0.25, 0.3) is 0 Å². The highest BCUT2D eigenvalue weighted by atomic mass is 32.2. The Hall–Kier alpha value is -1.07. The topological polar surface area (TPSA) is 46.6 Å². The molecule has 4 nitrogen and oxygen atoms in total. The van der Waals surface area contributed by atoms with Gasteiger partial charge in [-0.25, -0.2) is 0 Å². The summed E-state index contributed by atoms with van der Waals surface area (Å²) in [5, 5.41) is 0. The van der Waals surface area contributed by atoms with Crippen molar-refractivity contribution >= 4 is 15.8 Å². The summed E-state index contributed by atoms with van der Waals surface area (Å²) in [4.78, 5) is 2.33. The molecule has 0 unspecified atom stereocenters. The first-order valence-corrected chi connectivity index (χ1v) is 8.76. The van der Waals surface area contributed by atoms with E-state index in [1.54, 1.807) is 0 Å². The summed E-state index contributed by atoms with van der Waals surface area (Å²) in [5.41, 5.74) is 2.42. The molecule has 2 rings (SSSR count). The molecule has 5 heteroatoms. The molecule has 1 fully saturated rings. The Morgan fingerprint density at radius 2 is 1.80 bits per heavy atom. The molecule has 20 heavy (non-hydrogen) atoms. The maximum atomic E-state index is 11.1. The van der Waals surface area contributed by atoms with Crippen LogP contribution in [0.5, 0.6) is 0 Å². The summed E-state index contributed by atoms with van der Waals surface area (Å²) in [6.45, 7) is 6.70. The SMILES string of the molecule is CC1(C)CCN(c2ccccc2COS(C)(=O)=O)CC1. The van der Waals surface area contributed by atoms with Crippen LogP contribution >= 0.6 is 0 Å². The van der Waals surface area contributed by atoms with E-state index >= 15 is 0 Å². The van der Waals surface area contributed by atoms with E-state index in [0.717, 1.165) is 43.4 Å². The van der Waals surface area contributed by atoms with Gasteiger partial charge in [0.2, 0.25) is 0 Å². The van der Waals surface area contributed by atoms with Crippen LogP contribution in [0.2, 0.25) is 0 Å². The van der Waals surface area contributed by atoms with Crippen LogP contribution in [-0.4, -0.2) is 27.8 Å². The fourth-order valence-corrected chi connectivity index (χ4v) is 2.81. The van der Waals surface area contributed by atoms with Gasteiger partial charge in [-0.3, -0.25) is 4.18 Å². The van der Waals surface area contributed by atoms with Crippen molar-refractivity contribution in [2.45, 2.75) is 33.3 Å². The van der Waals surface area contributed by atoms with Gasteiger partial charge in [0.25, 0.3) is 10.1 Å². The first-order chi connectivity index (χ1) is 9.27. The Labute approximate surface area is 121 Å². The first kappa shape index (κ1) is 15.3. The maximum absolute atomic E-state index is 11.1. The van der Waals surface area contributed by atoms with Crippen molar-refractivity contribution in [1.29, 1.82) is 0 Å². The predicted molar refractivity (Wildman–Crippen MR) is 81.3 cm³/mol. The van der Waals surface area contributed by atoms with Crippen molar-refractivity contribution in [2.24, 2.45) is 5.41 Å². The lowest BCUT2D eigenvalue weighted by Crippen LogP contribution is -2.37. The zero-order chi connectivity index (χ0) is 14.8. The smallest absolute Gasteiger partial charge is 0.264 e. The third-order valence-electron chi connectivity index (χ3n) is 3.88. The molecule has 0 atom stereocenters. The van der Waals surface area contributed by atoms with Crippen molar-refractivity contribution in [3.8, 4) is 0 Å². The molecule has 0 N–H and O–H groups in total. The van der Waals surface area contributed by atoms with E-state index in [2.05, 4.69) is 18.7 Å². The number of piperidine rings is 1. The van der Waals surface area contributed by atoms with Crippen LogP contribution in [0.15, 0.2) is 24.3 Å². The van der Waals surface area contributed by atoms with Crippen molar-refractivity contribution in [3.05, 3.63) is 29.8 Å². The second-order valence-corrected chi connectivity index (χ2v) is 7.89. The molecule has 1 aliphatic heterocycles. The summed E-state index contributed by atoms with van der Waals surface area (Å²) < 4.78 is 27.2. The van der Waals surface area contributed by atoms with Crippen molar-refractivity contribution < 1.29 is 12.6 Å². The normalized spacial score (nSPS) is 19.1. The molecule has 112 valence electrons. The minimum atomic E-state index is -3.41. The van der Waals surface area contributed by atoms with Gasteiger partial charge < -0.3 is 4.90 Å². The van der Waals surface area contributed by atoms with Gasteiger partial charge in [0, 0.05) is 24.3 Å². The van der Waals surface area contributed by atoms with Crippen LogP contribution in [-0.2, 0) is 20.9 Å². The Morgan fingerprint density at radius 1 is 1.20 bits per heavy atom. The predicted octanol–water partition coefficient (Wildman–Crippen LogP) is 2.79. The summed E-state index contributed by atoms with van der Waals surface area (Å²) in [5.74, 6) is 0. The monoisotopic (exact) mass is 297 g/mol.